The van der Waals surface area contributed by atoms with Crippen LogP contribution < -0.4 is 14.2 Å². The van der Waals surface area contributed by atoms with Crippen LogP contribution in [0.25, 0.3) is 0 Å². The van der Waals surface area contributed by atoms with Crippen molar-refractivity contribution < 1.29 is 18.6 Å². The van der Waals surface area contributed by atoms with Crippen molar-refractivity contribution in [3.05, 3.63) is 53.8 Å². The topological polar surface area (TPSA) is 30.9 Å². The largest absolute Gasteiger partial charge is 0.489 e. The minimum atomic E-state index is -0.223. The molecule has 2 aromatic carbocycles. The lowest BCUT2D eigenvalue weighted by molar-refractivity contribution is 0.167. The Morgan fingerprint density at radius 2 is 1.91 bits per heavy atom. The van der Waals surface area contributed by atoms with Crippen molar-refractivity contribution in [3.63, 3.8) is 0 Å². The summed E-state index contributed by atoms with van der Waals surface area (Å²) >= 11 is 0. The Bertz CT molecular complexity index is 658. The van der Waals surface area contributed by atoms with Gasteiger partial charge in [0.15, 0.2) is 11.5 Å². The maximum Gasteiger partial charge on any atom is 0.231 e. The number of benzene rings is 2. The van der Waals surface area contributed by atoms with Crippen LogP contribution >= 0.6 is 0 Å². The molecular formula is C18H20FNO3. The van der Waals surface area contributed by atoms with E-state index in [1.807, 2.05) is 44.4 Å². The fraction of sp³-hybridized carbons (Fsp3) is 0.333. The summed E-state index contributed by atoms with van der Waals surface area (Å²) in [6.07, 6.45) is 0.781. The number of halogens is 1. The Morgan fingerprint density at radius 1 is 1.13 bits per heavy atom. The third-order valence-electron chi connectivity index (χ3n) is 3.89. The van der Waals surface area contributed by atoms with Gasteiger partial charge >= 0.3 is 0 Å². The van der Waals surface area contributed by atoms with E-state index in [4.69, 9.17) is 14.2 Å². The lowest BCUT2D eigenvalue weighted by Gasteiger charge is -2.25. The highest BCUT2D eigenvalue weighted by atomic mass is 19.1. The average Bonchev–Trinajstić information content (AvgIpc) is 3.02. The highest BCUT2D eigenvalue weighted by molar-refractivity contribution is 5.52. The summed E-state index contributed by atoms with van der Waals surface area (Å²) in [4.78, 5) is 2.10. The van der Waals surface area contributed by atoms with E-state index in [0.29, 0.717) is 23.9 Å². The first-order valence-corrected chi connectivity index (χ1v) is 7.58. The Kier molecular flexibility index (Phi) is 4.67. The molecule has 1 heterocycles. The number of ether oxygens (including phenoxy) is 3. The monoisotopic (exact) mass is 317 g/mol. The van der Waals surface area contributed by atoms with E-state index in [-0.39, 0.29) is 18.7 Å². The van der Waals surface area contributed by atoms with E-state index in [9.17, 15) is 4.39 Å². The normalized spacial score (nSPS) is 14.1. The molecule has 0 fully saturated rings. The average molecular weight is 317 g/mol. The van der Waals surface area contributed by atoms with Crippen molar-refractivity contribution in [2.75, 3.05) is 27.5 Å². The van der Waals surface area contributed by atoms with Crippen molar-refractivity contribution in [2.24, 2.45) is 0 Å². The number of hydrogen-bond donors (Lipinski definition) is 0. The number of nitrogens with zero attached hydrogens (tertiary/aromatic N) is 1. The molecule has 0 aromatic heterocycles. The molecule has 122 valence electrons. The smallest absolute Gasteiger partial charge is 0.231 e. The van der Waals surface area contributed by atoms with Crippen LogP contribution in [-0.4, -0.2) is 32.4 Å². The quantitative estimate of drug-likeness (QED) is 0.814. The summed E-state index contributed by atoms with van der Waals surface area (Å²) < 4.78 is 29.7. The predicted molar refractivity (Wildman–Crippen MR) is 85.5 cm³/mol. The zero-order valence-electron chi connectivity index (χ0n) is 13.3. The molecule has 1 aliphatic rings. The number of fused-ring (bicyclic) bond motifs is 1. The highest BCUT2D eigenvalue weighted by Gasteiger charge is 2.19. The fourth-order valence-corrected chi connectivity index (χ4v) is 2.71. The summed E-state index contributed by atoms with van der Waals surface area (Å²) in [6.45, 7) is 0.756. The standard InChI is InChI=1S/C18H20FNO3/c1-20(2)15(13-6-8-14(19)9-7-13)10-11-21-16-4-3-5-17-18(16)23-12-22-17/h3-9,15H,10-12H2,1-2H3. The van der Waals surface area contributed by atoms with Gasteiger partial charge in [0.05, 0.1) is 6.61 Å². The molecule has 4 nitrogen and oxygen atoms in total. The number of rotatable bonds is 6. The molecule has 0 amide bonds. The van der Waals surface area contributed by atoms with E-state index >= 15 is 0 Å². The van der Waals surface area contributed by atoms with Gasteiger partial charge in [-0.3, -0.25) is 0 Å². The van der Waals surface area contributed by atoms with Gasteiger partial charge in [-0.15, -0.1) is 0 Å². The van der Waals surface area contributed by atoms with Gasteiger partial charge in [-0.1, -0.05) is 18.2 Å². The summed E-state index contributed by atoms with van der Waals surface area (Å²) in [6, 6.07) is 12.4. The van der Waals surface area contributed by atoms with Crippen LogP contribution in [0.1, 0.15) is 18.0 Å². The molecule has 2 aromatic rings. The SMILES string of the molecule is CN(C)C(CCOc1cccc2c1OCO2)c1ccc(F)cc1. The molecule has 1 aliphatic heterocycles. The number of hydrogen-bond acceptors (Lipinski definition) is 4. The second kappa shape index (κ2) is 6.87. The molecule has 23 heavy (non-hydrogen) atoms. The Morgan fingerprint density at radius 3 is 2.65 bits per heavy atom. The molecular weight excluding hydrogens is 297 g/mol. The van der Waals surface area contributed by atoms with E-state index in [1.54, 1.807) is 0 Å². The summed E-state index contributed by atoms with van der Waals surface area (Å²) in [5.41, 5.74) is 1.07. The second-order valence-electron chi connectivity index (χ2n) is 5.66. The molecule has 3 rings (SSSR count). The van der Waals surface area contributed by atoms with Gasteiger partial charge in [-0.05, 0) is 43.9 Å². The van der Waals surface area contributed by atoms with Gasteiger partial charge in [0.25, 0.3) is 0 Å². The van der Waals surface area contributed by atoms with Crippen LogP contribution in [0.15, 0.2) is 42.5 Å². The first-order chi connectivity index (χ1) is 11.1. The molecule has 0 aliphatic carbocycles. The lowest BCUT2D eigenvalue weighted by atomic mass is 10.0. The Balaban J connectivity index is 1.64. The minimum Gasteiger partial charge on any atom is -0.489 e. The van der Waals surface area contributed by atoms with Gasteiger partial charge < -0.3 is 19.1 Å². The predicted octanol–water partition coefficient (Wildman–Crippen LogP) is 3.63. The molecule has 0 saturated heterocycles. The minimum absolute atomic E-state index is 0.157. The summed E-state index contributed by atoms with van der Waals surface area (Å²) in [7, 11) is 4.01. The van der Waals surface area contributed by atoms with Crippen molar-refractivity contribution in [1.29, 1.82) is 0 Å². The third kappa shape index (κ3) is 3.56. The van der Waals surface area contributed by atoms with Gasteiger partial charge in [0, 0.05) is 12.5 Å². The first kappa shape index (κ1) is 15.6. The zero-order chi connectivity index (χ0) is 16.2. The highest BCUT2D eigenvalue weighted by Crippen LogP contribution is 2.40. The molecule has 0 radical (unpaired) electrons. The third-order valence-corrected chi connectivity index (χ3v) is 3.89. The van der Waals surface area contributed by atoms with Gasteiger partial charge in [0.2, 0.25) is 12.5 Å². The molecule has 0 spiro atoms. The van der Waals surface area contributed by atoms with E-state index in [2.05, 4.69) is 4.90 Å². The molecule has 0 saturated carbocycles. The van der Waals surface area contributed by atoms with Crippen molar-refractivity contribution in [3.8, 4) is 17.2 Å². The zero-order valence-corrected chi connectivity index (χ0v) is 13.3. The van der Waals surface area contributed by atoms with Crippen molar-refractivity contribution in [1.82, 2.24) is 4.90 Å². The van der Waals surface area contributed by atoms with Crippen molar-refractivity contribution >= 4 is 0 Å². The molecule has 1 atom stereocenters. The molecule has 5 heteroatoms. The Hall–Kier alpha value is -2.27. The Labute approximate surface area is 135 Å². The lowest BCUT2D eigenvalue weighted by Crippen LogP contribution is -2.22. The fourth-order valence-electron chi connectivity index (χ4n) is 2.71. The molecule has 1 unspecified atom stereocenters. The van der Waals surface area contributed by atoms with Gasteiger partial charge in [-0.25, -0.2) is 4.39 Å². The van der Waals surface area contributed by atoms with Crippen LogP contribution in [0.4, 0.5) is 4.39 Å². The molecule has 0 bridgehead atoms. The van der Waals surface area contributed by atoms with Gasteiger partial charge in [0.1, 0.15) is 5.82 Å². The van der Waals surface area contributed by atoms with Crippen LogP contribution in [-0.2, 0) is 0 Å². The molecule has 0 N–H and O–H groups in total. The van der Waals surface area contributed by atoms with E-state index in [0.717, 1.165) is 12.0 Å². The van der Waals surface area contributed by atoms with E-state index in [1.165, 1.54) is 12.1 Å². The van der Waals surface area contributed by atoms with Crippen LogP contribution in [0.3, 0.4) is 0 Å². The maximum atomic E-state index is 13.1. The van der Waals surface area contributed by atoms with Crippen LogP contribution in [0.2, 0.25) is 0 Å². The van der Waals surface area contributed by atoms with Crippen LogP contribution in [0, 0.1) is 5.82 Å². The summed E-state index contributed by atoms with van der Waals surface area (Å²) in [5, 5.41) is 0. The van der Waals surface area contributed by atoms with Crippen LogP contribution in [0.5, 0.6) is 17.2 Å². The second-order valence-corrected chi connectivity index (χ2v) is 5.66. The maximum absolute atomic E-state index is 13.1. The van der Waals surface area contributed by atoms with Crippen molar-refractivity contribution in [2.45, 2.75) is 12.5 Å². The first-order valence-electron chi connectivity index (χ1n) is 7.58. The number of para-hydroxylation sites is 1. The van der Waals surface area contributed by atoms with E-state index < -0.39 is 0 Å². The summed E-state index contributed by atoms with van der Waals surface area (Å²) in [5.74, 6) is 1.84. The van der Waals surface area contributed by atoms with Gasteiger partial charge in [-0.2, -0.15) is 0 Å².